The van der Waals surface area contributed by atoms with E-state index in [9.17, 15) is 9.59 Å². The molecule has 158 valence electrons. The molecule has 4 rings (SSSR count). The minimum atomic E-state index is -0.270. The molecule has 0 aliphatic carbocycles. The quantitative estimate of drug-likeness (QED) is 0.637. The van der Waals surface area contributed by atoms with E-state index in [4.69, 9.17) is 0 Å². The molecule has 2 aliphatic heterocycles. The third-order valence-electron chi connectivity index (χ3n) is 5.85. The van der Waals surface area contributed by atoms with Gasteiger partial charge in [0.25, 0.3) is 0 Å². The monoisotopic (exact) mass is 471 g/mol. The molecule has 30 heavy (non-hydrogen) atoms. The summed E-state index contributed by atoms with van der Waals surface area (Å²) < 4.78 is 1.02. The molecule has 0 saturated carbocycles. The Labute approximate surface area is 184 Å². The number of hydrogen-bond acceptors (Lipinski definition) is 5. The lowest BCUT2D eigenvalue weighted by atomic mass is 9.95. The van der Waals surface area contributed by atoms with Crippen molar-refractivity contribution >= 4 is 33.4 Å². The van der Waals surface area contributed by atoms with Gasteiger partial charge in [-0.25, -0.2) is 10.9 Å². The number of aromatic nitrogens is 1. The largest absolute Gasteiger partial charge is 0.341 e. The van der Waals surface area contributed by atoms with Crippen molar-refractivity contribution in [2.75, 3.05) is 18.4 Å². The van der Waals surface area contributed by atoms with Crippen LogP contribution in [-0.4, -0.2) is 40.8 Å². The van der Waals surface area contributed by atoms with Crippen molar-refractivity contribution in [3.8, 4) is 0 Å². The maximum absolute atomic E-state index is 12.9. The van der Waals surface area contributed by atoms with Crippen molar-refractivity contribution in [2.45, 2.75) is 38.3 Å². The molecular weight excluding hydrogens is 446 g/mol. The number of piperidine rings is 1. The summed E-state index contributed by atoms with van der Waals surface area (Å²) in [4.78, 5) is 31.8. The molecule has 1 aromatic heterocycles. The van der Waals surface area contributed by atoms with Crippen molar-refractivity contribution in [3.05, 3.63) is 58.3 Å². The Kier molecular flexibility index (Phi) is 6.46. The fourth-order valence-electron chi connectivity index (χ4n) is 4.04. The van der Waals surface area contributed by atoms with Crippen molar-refractivity contribution in [3.63, 3.8) is 0 Å². The number of hydrogen-bond donors (Lipinski definition) is 3. The zero-order valence-corrected chi connectivity index (χ0v) is 18.5. The van der Waals surface area contributed by atoms with Crippen LogP contribution in [0, 0.1) is 12.8 Å². The van der Waals surface area contributed by atoms with Crippen LogP contribution in [0.25, 0.3) is 0 Å². The highest BCUT2D eigenvalue weighted by molar-refractivity contribution is 9.10. The van der Waals surface area contributed by atoms with Gasteiger partial charge in [0.2, 0.25) is 11.8 Å². The smallest absolute Gasteiger partial charge is 0.241 e. The molecule has 3 heterocycles. The van der Waals surface area contributed by atoms with E-state index in [2.05, 4.69) is 37.1 Å². The van der Waals surface area contributed by atoms with Crippen molar-refractivity contribution in [1.82, 2.24) is 20.7 Å². The summed E-state index contributed by atoms with van der Waals surface area (Å²) in [5.41, 5.74) is 9.11. The third kappa shape index (κ3) is 4.71. The summed E-state index contributed by atoms with van der Waals surface area (Å²) in [7, 11) is 0. The third-order valence-corrected chi connectivity index (χ3v) is 6.74. The molecule has 7 nitrogen and oxygen atoms in total. The van der Waals surface area contributed by atoms with Gasteiger partial charge >= 0.3 is 0 Å². The minimum absolute atomic E-state index is 0.0258. The Hall–Kier alpha value is -2.29. The predicted octanol–water partition coefficient (Wildman–Crippen LogP) is 2.94. The average molecular weight is 472 g/mol. The number of aryl methyl sites for hydroxylation is 1. The van der Waals surface area contributed by atoms with Crippen LogP contribution in [0.15, 0.2) is 47.1 Å². The SMILES string of the molecule is Cc1cc(NC(=O)C2CCN(C(=O)C3CC(c4ccccn4)NN3)CC2)ccc1Br. The summed E-state index contributed by atoms with van der Waals surface area (Å²) >= 11 is 3.47. The second-order valence-electron chi connectivity index (χ2n) is 7.94. The number of anilines is 1. The fraction of sp³-hybridized carbons (Fsp3) is 0.409. The highest BCUT2D eigenvalue weighted by atomic mass is 79.9. The number of carbonyl (C=O) groups is 2. The molecule has 0 radical (unpaired) electrons. The molecule has 2 aliphatic rings. The van der Waals surface area contributed by atoms with Crippen molar-refractivity contribution < 1.29 is 9.59 Å². The fourth-order valence-corrected chi connectivity index (χ4v) is 4.29. The van der Waals surface area contributed by atoms with Crippen LogP contribution in [0.4, 0.5) is 5.69 Å². The van der Waals surface area contributed by atoms with Gasteiger partial charge in [0.1, 0.15) is 6.04 Å². The Bertz CT molecular complexity index is 915. The van der Waals surface area contributed by atoms with E-state index >= 15 is 0 Å². The number of pyridine rings is 1. The van der Waals surface area contributed by atoms with Crippen molar-refractivity contribution in [2.24, 2.45) is 5.92 Å². The average Bonchev–Trinajstić information content (AvgIpc) is 3.27. The maximum atomic E-state index is 12.9. The first-order chi connectivity index (χ1) is 14.5. The number of benzene rings is 1. The van der Waals surface area contributed by atoms with E-state index in [0.717, 1.165) is 21.4 Å². The lowest BCUT2D eigenvalue weighted by Gasteiger charge is -2.32. The van der Waals surface area contributed by atoms with E-state index in [0.29, 0.717) is 32.4 Å². The van der Waals surface area contributed by atoms with Gasteiger partial charge in [-0.3, -0.25) is 14.6 Å². The number of hydrazine groups is 1. The van der Waals surface area contributed by atoms with Crippen LogP contribution in [0.5, 0.6) is 0 Å². The van der Waals surface area contributed by atoms with Gasteiger partial charge < -0.3 is 10.2 Å². The van der Waals surface area contributed by atoms with Gasteiger partial charge in [-0.2, -0.15) is 0 Å². The van der Waals surface area contributed by atoms with Gasteiger partial charge in [0, 0.05) is 35.4 Å². The molecule has 2 saturated heterocycles. The topological polar surface area (TPSA) is 86.4 Å². The van der Waals surface area contributed by atoms with Gasteiger partial charge in [-0.15, -0.1) is 0 Å². The first-order valence-corrected chi connectivity index (χ1v) is 11.1. The van der Waals surface area contributed by atoms with Crippen LogP contribution in [0.3, 0.4) is 0 Å². The highest BCUT2D eigenvalue weighted by Gasteiger charge is 2.35. The van der Waals surface area contributed by atoms with E-state index < -0.39 is 0 Å². The molecule has 2 aromatic rings. The summed E-state index contributed by atoms with van der Waals surface area (Å²) in [5.74, 6) is 0.0388. The van der Waals surface area contributed by atoms with Crippen LogP contribution < -0.4 is 16.2 Å². The summed E-state index contributed by atoms with van der Waals surface area (Å²) in [6.07, 6.45) is 3.78. The summed E-state index contributed by atoms with van der Waals surface area (Å²) in [6.45, 7) is 3.19. The van der Waals surface area contributed by atoms with Crippen LogP contribution >= 0.6 is 15.9 Å². The Balaban J connectivity index is 1.27. The maximum Gasteiger partial charge on any atom is 0.241 e. The number of carbonyl (C=O) groups excluding carboxylic acids is 2. The Morgan fingerprint density at radius 3 is 2.67 bits per heavy atom. The molecule has 3 N–H and O–H groups in total. The molecule has 1 aromatic carbocycles. The molecule has 2 unspecified atom stereocenters. The van der Waals surface area contributed by atoms with E-state index in [1.165, 1.54) is 0 Å². The number of halogens is 1. The lowest BCUT2D eigenvalue weighted by Crippen LogP contribution is -2.49. The number of amides is 2. The molecule has 2 amide bonds. The zero-order valence-electron chi connectivity index (χ0n) is 16.9. The molecule has 8 heteroatoms. The lowest BCUT2D eigenvalue weighted by molar-refractivity contribution is -0.136. The first-order valence-electron chi connectivity index (χ1n) is 10.3. The normalized spacial score (nSPS) is 22.1. The van der Waals surface area contributed by atoms with Crippen LogP contribution in [0.2, 0.25) is 0 Å². The highest BCUT2D eigenvalue weighted by Crippen LogP contribution is 2.25. The number of likely N-dealkylation sites (tertiary alicyclic amines) is 1. The van der Waals surface area contributed by atoms with Gasteiger partial charge in [0.15, 0.2) is 0 Å². The second-order valence-corrected chi connectivity index (χ2v) is 8.79. The Morgan fingerprint density at radius 2 is 1.97 bits per heavy atom. The standard InChI is InChI=1S/C22H26BrN5O2/c1-14-12-16(5-6-17(14)23)25-21(29)15-7-10-28(11-8-15)22(30)20-13-19(26-27-20)18-4-2-3-9-24-18/h2-6,9,12,15,19-20,26-27H,7-8,10-11,13H2,1H3,(H,25,29). The van der Waals surface area contributed by atoms with Crippen LogP contribution in [0.1, 0.15) is 36.6 Å². The molecule has 2 atom stereocenters. The van der Waals surface area contributed by atoms with Crippen molar-refractivity contribution in [1.29, 1.82) is 0 Å². The second kappa shape index (κ2) is 9.24. The first kappa shape index (κ1) is 21.0. The van der Waals surface area contributed by atoms with Crippen LogP contribution in [-0.2, 0) is 9.59 Å². The van der Waals surface area contributed by atoms with Gasteiger partial charge in [0.05, 0.1) is 11.7 Å². The van der Waals surface area contributed by atoms with Gasteiger partial charge in [-0.1, -0.05) is 22.0 Å². The van der Waals surface area contributed by atoms with E-state index in [-0.39, 0.29) is 29.8 Å². The molecular formula is C22H26BrN5O2. The minimum Gasteiger partial charge on any atom is -0.341 e. The Morgan fingerprint density at radius 1 is 1.17 bits per heavy atom. The van der Waals surface area contributed by atoms with E-state index in [1.54, 1.807) is 6.20 Å². The molecule has 0 bridgehead atoms. The molecule has 0 spiro atoms. The molecule has 2 fully saturated rings. The van der Waals surface area contributed by atoms with Gasteiger partial charge in [-0.05, 0) is 62.1 Å². The summed E-state index contributed by atoms with van der Waals surface area (Å²) in [5, 5.41) is 3.01. The number of nitrogens with one attached hydrogen (secondary N) is 3. The number of nitrogens with zero attached hydrogens (tertiary/aromatic N) is 2. The predicted molar refractivity (Wildman–Crippen MR) is 118 cm³/mol. The number of rotatable bonds is 4. The summed E-state index contributed by atoms with van der Waals surface area (Å²) in [6, 6.07) is 11.3. The van der Waals surface area contributed by atoms with E-state index in [1.807, 2.05) is 48.2 Å². The zero-order chi connectivity index (χ0) is 21.1.